The molecule has 0 bridgehead atoms. The standard InChI is InChI=1S/C31H33NO3/c1-34-27-15-16-28-25(21-27)22-29(31(33)24-9-5-4-6-10-24)30(28)23-11-13-26(14-12-23)35-20-19-32-17-7-2-3-8-18-32/h4-6,9-16,21H,2-3,7-8,17-20,22H2,1H3. The Morgan fingerprint density at radius 2 is 1.57 bits per heavy atom. The predicted molar refractivity (Wildman–Crippen MR) is 140 cm³/mol. The first-order valence-electron chi connectivity index (χ1n) is 12.7. The van der Waals surface area contributed by atoms with Crippen LogP contribution in [0.3, 0.4) is 0 Å². The van der Waals surface area contributed by atoms with Gasteiger partial charge >= 0.3 is 0 Å². The van der Waals surface area contributed by atoms with Gasteiger partial charge in [-0.15, -0.1) is 0 Å². The Hall–Kier alpha value is -3.37. The molecule has 1 aliphatic carbocycles. The quantitative estimate of drug-likeness (QED) is 0.370. The van der Waals surface area contributed by atoms with Crippen molar-refractivity contribution in [3.8, 4) is 11.5 Å². The van der Waals surface area contributed by atoms with Gasteiger partial charge in [0, 0.05) is 24.1 Å². The molecule has 0 unspecified atom stereocenters. The van der Waals surface area contributed by atoms with Crippen molar-refractivity contribution in [2.24, 2.45) is 0 Å². The van der Waals surface area contributed by atoms with E-state index < -0.39 is 0 Å². The summed E-state index contributed by atoms with van der Waals surface area (Å²) in [6, 6.07) is 23.8. The molecular weight excluding hydrogens is 434 g/mol. The summed E-state index contributed by atoms with van der Waals surface area (Å²) in [6.45, 7) is 4.03. The number of benzene rings is 3. The normalized spacial score (nSPS) is 16.0. The van der Waals surface area contributed by atoms with Gasteiger partial charge in [0.2, 0.25) is 0 Å². The molecule has 1 aliphatic heterocycles. The number of likely N-dealkylation sites (tertiary alicyclic amines) is 1. The minimum absolute atomic E-state index is 0.0774. The topological polar surface area (TPSA) is 38.8 Å². The summed E-state index contributed by atoms with van der Waals surface area (Å²) in [4.78, 5) is 16.0. The molecular formula is C31H33NO3. The van der Waals surface area contributed by atoms with Crippen molar-refractivity contribution < 1.29 is 14.3 Å². The maximum Gasteiger partial charge on any atom is 0.189 e. The zero-order valence-electron chi connectivity index (χ0n) is 20.5. The molecule has 1 saturated heterocycles. The Kier molecular flexibility index (Phi) is 7.29. The highest BCUT2D eigenvalue weighted by Gasteiger charge is 2.28. The van der Waals surface area contributed by atoms with Crippen LogP contribution < -0.4 is 9.47 Å². The van der Waals surface area contributed by atoms with Crippen LogP contribution in [0, 0.1) is 0 Å². The average molecular weight is 468 g/mol. The summed E-state index contributed by atoms with van der Waals surface area (Å²) in [6.07, 6.45) is 5.88. The fourth-order valence-corrected chi connectivity index (χ4v) is 5.19. The van der Waals surface area contributed by atoms with E-state index in [1.54, 1.807) is 7.11 Å². The molecule has 0 amide bonds. The fourth-order valence-electron chi connectivity index (χ4n) is 5.19. The number of ether oxygens (including phenoxy) is 2. The summed E-state index contributed by atoms with van der Waals surface area (Å²) in [5, 5.41) is 0. The van der Waals surface area contributed by atoms with Gasteiger partial charge in [0.05, 0.1) is 7.11 Å². The van der Waals surface area contributed by atoms with Crippen molar-refractivity contribution in [1.82, 2.24) is 4.90 Å². The molecule has 1 heterocycles. The Labute approximate surface area is 208 Å². The second-order valence-corrected chi connectivity index (χ2v) is 9.38. The number of ketones is 1. The Bertz CT molecular complexity index is 1190. The molecule has 0 spiro atoms. The van der Waals surface area contributed by atoms with Crippen molar-refractivity contribution in [3.63, 3.8) is 0 Å². The number of nitrogens with zero attached hydrogens (tertiary/aromatic N) is 1. The van der Waals surface area contributed by atoms with Crippen LogP contribution in [0.2, 0.25) is 0 Å². The molecule has 0 atom stereocenters. The van der Waals surface area contributed by atoms with E-state index >= 15 is 0 Å². The number of hydrogen-bond donors (Lipinski definition) is 0. The van der Waals surface area contributed by atoms with Crippen molar-refractivity contribution in [1.29, 1.82) is 0 Å². The summed E-state index contributed by atoms with van der Waals surface area (Å²) >= 11 is 0. The Morgan fingerprint density at radius 1 is 0.857 bits per heavy atom. The van der Waals surface area contributed by atoms with Crippen molar-refractivity contribution >= 4 is 11.4 Å². The Morgan fingerprint density at radius 3 is 2.29 bits per heavy atom. The van der Waals surface area contributed by atoms with Crippen LogP contribution in [0.4, 0.5) is 0 Å². The number of allylic oxidation sites excluding steroid dienone is 1. The highest BCUT2D eigenvalue weighted by atomic mass is 16.5. The fraction of sp³-hybridized carbons (Fsp3) is 0.323. The highest BCUT2D eigenvalue weighted by molar-refractivity contribution is 6.16. The van der Waals surface area contributed by atoms with Gasteiger partial charge in [-0.25, -0.2) is 0 Å². The molecule has 0 saturated carbocycles. The lowest BCUT2D eigenvalue weighted by molar-refractivity contribution is 0.103. The van der Waals surface area contributed by atoms with E-state index in [0.717, 1.165) is 45.9 Å². The third kappa shape index (κ3) is 5.33. The number of methoxy groups -OCH3 is 1. The second kappa shape index (κ2) is 10.9. The largest absolute Gasteiger partial charge is 0.497 e. The smallest absolute Gasteiger partial charge is 0.189 e. The van der Waals surface area contributed by atoms with E-state index in [-0.39, 0.29) is 5.78 Å². The molecule has 1 fully saturated rings. The Balaban J connectivity index is 1.37. The van der Waals surface area contributed by atoms with Gasteiger partial charge in [-0.2, -0.15) is 0 Å². The third-order valence-corrected chi connectivity index (χ3v) is 7.08. The van der Waals surface area contributed by atoms with Crippen LogP contribution in [0.25, 0.3) is 5.57 Å². The molecule has 180 valence electrons. The van der Waals surface area contributed by atoms with Gasteiger partial charge in [-0.3, -0.25) is 9.69 Å². The molecule has 4 heteroatoms. The molecule has 4 nitrogen and oxygen atoms in total. The molecule has 0 radical (unpaired) electrons. The van der Waals surface area contributed by atoms with E-state index in [0.29, 0.717) is 18.6 Å². The van der Waals surface area contributed by atoms with Gasteiger partial charge in [-0.05, 0) is 72.5 Å². The summed E-state index contributed by atoms with van der Waals surface area (Å²) in [5.41, 5.74) is 5.81. The first-order valence-corrected chi connectivity index (χ1v) is 12.7. The molecule has 3 aromatic rings. The number of carbonyl (C=O) groups excluding carboxylic acids is 1. The van der Waals surface area contributed by atoms with E-state index in [1.807, 2.05) is 54.6 Å². The van der Waals surface area contributed by atoms with E-state index in [4.69, 9.17) is 9.47 Å². The number of fused-ring (bicyclic) bond motifs is 1. The lowest BCUT2D eigenvalue weighted by atomic mass is 9.94. The molecule has 0 aromatic heterocycles. The van der Waals surface area contributed by atoms with E-state index in [2.05, 4.69) is 23.1 Å². The summed E-state index contributed by atoms with van der Waals surface area (Å²) in [5.74, 6) is 1.76. The first kappa shape index (κ1) is 23.4. The van der Waals surface area contributed by atoms with Crippen molar-refractivity contribution in [2.75, 3.05) is 33.4 Å². The third-order valence-electron chi connectivity index (χ3n) is 7.08. The monoisotopic (exact) mass is 467 g/mol. The van der Waals surface area contributed by atoms with Gasteiger partial charge in [0.15, 0.2) is 5.78 Å². The summed E-state index contributed by atoms with van der Waals surface area (Å²) < 4.78 is 11.5. The number of hydrogen-bond acceptors (Lipinski definition) is 4. The molecule has 5 rings (SSSR count). The predicted octanol–water partition coefficient (Wildman–Crippen LogP) is 6.19. The van der Waals surface area contributed by atoms with Crippen LogP contribution >= 0.6 is 0 Å². The van der Waals surface area contributed by atoms with Gasteiger partial charge in [0.1, 0.15) is 18.1 Å². The van der Waals surface area contributed by atoms with E-state index in [9.17, 15) is 4.79 Å². The van der Waals surface area contributed by atoms with Crippen molar-refractivity contribution in [3.05, 3.63) is 101 Å². The SMILES string of the molecule is COc1ccc2c(c1)CC(C(=O)c1ccccc1)=C2c1ccc(OCCN2CCCCCC2)cc1. The van der Waals surface area contributed by atoms with Crippen LogP contribution in [-0.2, 0) is 6.42 Å². The van der Waals surface area contributed by atoms with Crippen LogP contribution in [0.1, 0.15) is 52.7 Å². The minimum Gasteiger partial charge on any atom is -0.497 e. The van der Waals surface area contributed by atoms with Gasteiger partial charge in [-0.1, -0.05) is 61.4 Å². The van der Waals surface area contributed by atoms with Gasteiger partial charge < -0.3 is 9.47 Å². The van der Waals surface area contributed by atoms with Crippen LogP contribution in [0.15, 0.2) is 78.4 Å². The maximum absolute atomic E-state index is 13.5. The minimum atomic E-state index is 0.0774. The first-order chi connectivity index (χ1) is 17.2. The lowest BCUT2D eigenvalue weighted by Gasteiger charge is -2.19. The highest BCUT2D eigenvalue weighted by Crippen LogP contribution is 2.40. The maximum atomic E-state index is 13.5. The van der Waals surface area contributed by atoms with Crippen LogP contribution in [0.5, 0.6) is 11.5 Å². The molecule has 0 N–H and O–H groups in total. The number of carbonyl (C=O) groups is 1. The average Bonchev–Trinajstić information content (AvgIpc) is 3.08. The molecule has 3 aromatic carbocycles. The molecule has 2 aliphatic rings. The zero-order valence-corrected chi connectivity index (χ0v) is 20.5. The van der Waals surface area contributed by atoms with Crippen molar-refractivity contribution in [2.45, 2.75) is 32.1 Å². The number of Topliss-reactive ketones (excluding diaryl/α,β-unsaturated/α-hetero) is 1. The molecule has 35 heavy (non-hydrogen) atoms. The number of rotatable bonds is 8. The summed E-state index contributed by atoms with van der Waals surface area (Å²) in [7, 11) is 1.67. The second-order valence-electron chi connectivity index (χ2n) is 9.38. The van der Waals surface area contributed by atoms with Gasteiger partial charge in [0.25, 0.3) is 0 Å². The van der Waals surface area contributed by atoms with E-state index in [1.165, 1.54) is 38.8 Å². The zero-order chi connectivity index (χ0) is 24.0. The lowest BCUT2D eigenvalue weighted by Crippen LogP contribution is -2.29. The van der Waals surface area contributed by atoms with Crippen LogP contribution in [-0.4, -0.2) is 44.0 Å².